The maximum absolute atomic E-state index is 13.6. The molecular formula is C18H15F2NO2. The highest BCUT2D eigenvalue weighted by atomic mass is 19.1. The molecule has 0 radical (unpaired) electrons. The molecule has 5 heteroatoms. The first-order valence-electron chi connectivity index (χ1n) is 7.27. The van der Waals surface area contributed by atoms with Gasteiger partial charge in [0.25, 0.3) is 0 Å². The van der Waals surface area contributed by atoms with E-state index in [1.807, 2.05) is 30.3 Å². The molecule has 0 spiro atoms. The number of halogens is 2. The number of amides is 1. The maximum atomic E-state index is 13.6. The molecular weight excluding hydrogens is 300 g/mol. The second-order valence-corrected chi connectivity index (χ2v) is 5.31. The van der Waals surface area contributed by atoms with Gasteiger partial charge in [-0.05, 0) is 17.7 Å². The smallest absolute Gasteiger partial charge is 0.244 e. The Labute approximate surface area is 132 Å². The molecule has 1 aliphatic rings. The van der Waals surface area contributed by atoms with E-state index in [1.165, 1.54) is 12.1 Å². The summed E-state index contributed by atoms with van der Waals surface area (Å²) in [5.74, 6) is -1.52. The van der Waals surface area contributed by atoms with E-state index in [0.29, 0.717) is 12.0 Å². The summed E-state index contributed by atoms with van der Waals surface area (Å²) >= 11 is 0. The van der Waals surface area contributed by atoms with Gasteiger partial charge in [0.1, 0.15) is 11.9 Å². The molecule has 2 aromatic rings. The van der Waals surface area contributed by atoms with Crippen LogP contribution in [0.25, 0.3) is 6.08 Å². The predicted octanol–water partition coefficient (Wildman–Crippen LogP) is 3.10. The molecule has 0 bridgehead atoms. The van der Waals surface area contributed by atoms with E-state index >= 15 is 0 Å². The van der Waals surface area contributed by atoms with E-state index in [2.05, 4.69) is 5.32 Å². The summed E-state index contributed by atoms with van der Waals surface area (Å²) in [6.07, 6.45) is 3.11. The van der Waals surface area contributed by atoms with E-state index in [1.54, 1.807) is 6.08 Å². The van der Waals surface area contributed by atoms with Crippen LogP contribution in [-0.4, -0.2) is 18.6 Å². The Morgan fingerprint density at radius 3 is 2.83 bits per heavy atom. The van der Waals surface area contributed by atoms with Crippen LogP contribution in [0.3, 0.4) is 0 Å². The second-order valence-electron chi connectivity index (χ2n) is 5.31. The van der Waals surface area contributed by atoms with Crippen molar-refractivity contribution in [3.63, 3.8) is 0 Å². The predicted molar refractivity (Wildman–Crippen MR) is 83.0 cm³/mol. The number of ether oxygens (including phenoxy) is 1. The largest absolute Gasteiger partial charge is 0.485 e. The topological polar surface area (TPSA) is 38.3 Å². The lowest BCUT2D eigenvalue weighted by molar-refractivity contribution is -0.116. The molecule has 23 heavy (non-hydrogen) atoms. The van der Waals surface area contributed by atoms with Crippen molar-refractivity contribution in [1.82, 2.24) is 5.32 Å². The first-order chi connectivity index (χ1) is 11.1. The van der Waals surface area contributed by atoms with Crippen molar-refractivity contribution in [2.75, 3.05) is 6.54 Å². The van der Waals surface area contributed by atoms with Crippen LogP contribution >= 0.6 is 0 Å². The van der Waals surface area contributed by atoms with Crippen LogP contribution in [0.4, 0.5) is 8.78 Å². The molecule has 1 amide bonds. The highest BCUT2D eigenvalue weighted by molar-refractivity contribution is 5.91. The third-order valence-electron chi connectivity index (χ3n) is 3.55. The Morgan fingerprint density at radius 2 is 2.04 bits per heavy atom. The van der Waals surface area contributed by atoms with Crippen LogP contribution in [0.1, 0.15) is 11.1 Å². The molecule has 1 unspecified atom stereocenters. The van der Waals surface area contributed by atoms with E-state index < -0.39 is 17.7 Å². The van der Waals surface area contributed by atoms with Crippen molar-refractivity contribution in [2.24, 2.45) is 0 Å². The Hall–Kier alpha value is -2.69. The van der Waals surface area contributed by atoms with Crippen LogP contribution in [0.15, 0.2) is 48.5 Å². The summed E-state index contributed by atoms with van der Waals surface area (Å²) in [5.41, 5.74) is 1.41. The molecule has 1 aliphatic heterocycles. The molecule has 2 aromatic carbocycles. The Balaban J connectivity index is 1.53. The number of carbonyl (C=O) groups excluding carboxylic acids is 1. The first-order valence-corrected chi connectivity index (χ1v) is 7.27. The van der Waals surface area contributed by atoms with Crippen LogP contribution in [0.5, 0.6) is 5.75 Å². The average Bonchev–Trinajstić information content (AvgIpc) is 2.95. The standard InChI is InChI=1S/C18H15F2NO2/c19-14-8-13-9-15(23-18(13)16(20)10-14)11-21-17(22)7-6-12-4-2-1-3-5-12/h1-8,10,15H,9,11H2,(H,21,22). The van der Waals surface area contributed by atoms with Gasteiger partial charge in [0.05, 0.1) is 6.54 Å². The minimum absolute atomic E-state index is 0.0745. The zero-order chi connectivity index (χ0) is 16.2. The van der Waals surface area contributed by atoms with Crippen molar-refractivity contribution in [3.05, 3.63) is 71.3 Å². The molecule has 0 aliphatic carbocycles. The minimum atomic E-state index is -0.710. The number of carbonyl (C=O) groups is 1. The normalized spacial score (nSPS) is 16.2. The molecule has 3 nitrogen and oxygen atoms in total. The highest BCUT2D eigenvalue weighted by Gasteiger charge is 2.26. The van der Waals surface area contributed by atoms with Gasteiger partial charge < -0.3 is 10.1 Å². The lowest BCUT2D eigenvalue weighted by atomic mass is 10.1. The summed E-state index contributed by atoms with van der Waals surface area (Å²) in [5, 5.41) is 2.70. The minimum Gasteiger partial charge on any atom is -0.485 e. The molecule has 0 saturated heterocycles. The van der Waals surface area contributed by atoms with Gasteiger partial charge in [-0.2, -0.15) is 0 Å². The summed E-state index contributed by atoms with van der Waals surface area (Å²) in [7, 11) is 0. The van der Waals surface area contributed by atoms with Crippen LogP contribution in [-0.2, 0) is 11.2 Å². The zero-order valence-corrected chi connectivity index (χ0v) is 12.3. The lowest BCUT2D eigenvalue weighted by Gasteiger charge is -2.10. The van der Waals surface area contributed by atoms with Gasteiger partial charge in [0.15, 0.2) is 11.6 Å². The maximum Gasteiger partial charge on any atom is 0.244 e. The summed E-state index contributed by atoms with van der Waals surface area (Å²) in [4.78, 5) is 11.8. The number of nitrogens with one attached hydrogen (secondary N) is 1. The molecule has 118 valence electrons. The molecule has 0 fully saturated rings. The van der Waals surface area contributed by atoms with Crippen LogP contribution in [0.2, 0.25) is 0 Å². The van der Waals surface area contributed by atoms with Gasteiger partial charge in [0.2, 0.25) is 5.91 Å². The average molecular weight is 315 g/mol. The zero-order valence-electron chi connectivity index (χ0n) is 12.3. The van der Waals surface area contributed by atoms with Crippen LogP contribution in [0, 0.1) is 11.6 Å². The fourth-order valence-electron chi connectivity index (χ4n) is 2.47. The molecule has 0 aromatic heterocycles. The highest BCUT2D eigenvalue weighted by Crippen LogP contribution is 2.32. The molecule has 0 saturated carbocycles. The Kier molecular flexibility index (Phi) is 4.37. The Bertz CT molecular complexity index is 744. The second kappa shape index (κ2) is 6.60. The third kappa shape index (κ3) is 3.74. The van der Waals surface area contributed by atoms with Crippen LogP contribution < -0.4 is 10.1 Å². The van der Waals surface area contributed by atoms with E-state index in [4.69, 9.17) is 4.74 Å². The van der Waals surface area contributed by atoms with Gasteiger partial charge in [-0.3, -0.25) is 4.79 Å². The van der Waals surface area contributed by atoms with Crippen molar-refractivity contribution in [1.29, 1.82) is 0 Å². The lowest BCUT2D eigenvalue weighted by Crippen LogP contribution is -2.33. The fraction of sp³-hybridized carbons (Fsp3) is 0.167. The number of rotatable bonds is 4. The van der Waals surface area contributed by atoms with E-state index in [0.717, 1.165) is 11.6 Å². The summed E-state index contributed by atoms with van der Waals surface area (Å²) in [6.45, 7) is 0.230. The summed E-state index contributed by atoms with van der Waals surface area (Å²) in [6, 6.07) is 11.5. The quantitative estimate of drug-likeness (QED) is 0.881. The van der Waals surface area contributed by atoms with Gasteiger partial charge in [-0.15, -0.1) is 0 Å². The van der Waals surface area contributed by atoms with Crippen molar-refractivity contribution < 1.29 is 18.3 Å². The molecule has 1 heterocycles. The molecule has 3 rings (SSSR count). The van der Waals surface area contributed by atoms with Gasteiger partial charge >= 0.3 is 0 Å². The van der Waals surface area contributed by atoms with Crippen molar-refractivity contribution >= 4 is 12.0 Å². The van der Waals surface area contributed by atoms with Crippen molar-refractivity contribution in [2.45, 2.75) is 12.5 Å². The van der Waals surface area contributed by atoms with Gasteiger partial charge in [-0.1, -0.05) is 30.3 Å². The van der Waals surface area contributed by atoms with E-state index in [9.17, 15) is 13.6 Å². The monoisotopic (exact) mass is 315 g/mol. The molecule has 1 atom stereocenters. The number of hydrogen-bond donors (Lipinski definition) is 1. The SMILES string of the molecule is O=C(C=Cc1ccccc1)NCC1Cc2cc(F)cc(F)c2O1. The third-order valence-corrected chi connectivity index (χ3v) is 3.55. The Morgan fingerprint density at radius 1 is 1.26 bits per heavy atom. The summed E-state index contributed by atoms with van der Waals surface area (Å²) < 4.78 is 32.1. The number of fused-ring (bicyclic) bond motifs is 1. The number of benzene rings is 2. The van der Waals surface area contributed by atoms with E-state index in [-0.39, 0.29) is 18.2 Å². The van der Waals surface area contributed by atoms with Crippen molar-refractivity contribution in [3.8, 4) is 5.75 Å². The van der Waals surface area contributed by atoms with Gasteiger partial charge in [0, 0.05) is 24.1 Å². The number of hydrogen-bond acceptors (Lipinski definition) is 2. The molecule has 1 N–H and O–H groups in total. The fourth-order valence-corrected chi connectivity index (χ4v) is 2.47. The first kappa shape index (κ1) is 15.2. The van der Waals surface area contributed by atoms with Gasteiger partial charge in [-0.25, -0.2) is 8.78 Å².